The van der Waals surface area contributed by atoms with Crippen molar-refractivity contribution in [3.05, 3.63) is 94.2 Å². The van der Waals surface area contributed by atoms with E-state index in [2.05, 4.69) is 41.3 Å². The van der Waals surface area contributed by atoms with Crippen molar-refractivity contribution < 1.29 is 13.9 Å². The molecule has 1 amide bonds. The summed E-state index contributed by atoms with van der Waals surface area (Å²) in [4.78, 5) is 32.4. The summed E-state index contributed by atoms with van der Waals surface area (Å²) in [6.07, 6.45) is 1.46. The second kappa shape index (κ2) is 11.7. The molecule has 1 aliphatic heterocycles. The molecule has 0 bridgehead atoms. The molecule has 1 aliphatic rings. The molecule has 9 nitrogen and oxygen atoms in total. The predicted molar refractivity (Wildman–Crippen MR) is 165 cm³/mol. The summed E-state index contributed by atoms with van der Waals surface area (Å²) in [6, 6.07) is 17.4. The number of halogens is 1. The zero-order valence-corrected chi connectivity index (χ0v) is 24.2. The smallest absolute Gasteiger partial charge is 0.293 e. The Labute approximate surface area is 244 Å². The maximum absolute atomic E-state index is 15.7. The van der Waals surface area contributed by atoms with Crippen LogP contribution in [-0.2, 0) is 17.2 Å². The van der Waals surface area contributed by atoms with Gasteiger partial charge in [-0.15, -0.1) is 0 Å². The standard InChI is InChI=1S/C32H35FN6O3/c1-32(2,3)21-10-8-20(9-11-21)30(40)37-25-7-5-6-23(28(25)33)26-19-38(4)31(41)29(36-26)35-22-12-13-27(24(34)18-22)39-14-16-42-17-15-39/h5-13,18-19H,14-17,34H2,1-4H3,(H,35,36)(H,37,40). The van der Waals surface area contributed by atoms with Crippen LogP contribution in [0.15, 0.2) is 71.7 Å². The van der Waals surface area contributed by atoms with E-state index in [1.807, 2.05) is 24.3 Å². The van der Waals surface area contributed by atoms with Crippen LogP contribution in [0.25, 0.3) is 11.3 Å². The van der Waals surface area contributed by atoms with Gasteiger partial charge in [0.15, 0.2) is 11.6 Å². The van der Waals surface area contributed by atoms with E-state index in [9.17, 15) is 9.59 Å². The molecular weight excluding hydrogens is 535 g/mol. The Bertz CT molecular complexity index is 1670. The summed E-state index contributed by atoms with van der Waals surface area (Å²) < 4.78 is 22.5. The maximum atomic E-state index is 15.7. The lowest BCUT2D eigenvalue weighted by Gasteiger charge is -2.30. The number of nitrogen functional groups attached to an aromatic ring is 1. The van der Waals surface area contributed by atoms with E-state index in [0.29, 0.717) is 30.2 Å². The van der Waals surface area contributed by atoms with E-state index in [-0.39, 0.29) is 28.2 Å². The van der Waals surface area contributed by atoms with Crippen LogP contribution in [0.2, 0.25) is 0 Å². The van der Waals surface area contributed by atoms with E-state index < -0.39 is 17.3 Å². The first-order chi connectivity index (χ1) is 20.0. The Kier molecular flexibility index (Phi) is 8.00. The monoisotopic (exact) mass is 570 g/mol. The van der Waals surface area contributed by atoms with Gasteiger partial charge in [0.2, 0.25) is 0 Å². The summed E-state index contributed by atoms with van der Waals surface area (Å²) in [6.45, 7) is 9.04. The maximum Gasteiger partial charge on any atom is 0.293 e. The lowest BCUT2D eigenvalue weighted by molar-refractivity contribution is 0.102. The molecule has 4 aromatic rings. The number of rotatable bonds is 6. The molecule has 42 heavy (non-hydrogen) atoms. The van der Waals surface area contributed by atoms with Crippen LogP contribution >= 0.6 is 0 Å². The lowest BCUT2D eigenvalue weighted by Crippen LogP contribution is -2.36. The van der Waals surface area contributed by atoms with Crippen molar-refractivity contribution in [2.75, 3.05) is 47.6 Å². The number of aryl methyl sites for hydroxylation is 1. The normalized spacial score (nSPS) is 13.6. The highest BCUT2D eigenvalue weighted by Crippen LogP contribution is 2.30. The number of aromatic nitrogens is 2. The van der Waals surface area contributed by atoms with E-state index in [1.54, 1.807) is 37.4 Å². The molecule has 0 unspecified atom stereocenters. The summed E-state index contributed by atoms with van der Waals surface area (Å²) in [7, 11) is 1.57. The van der Waals surface area contributed by atoms with Crippen LogP contribution in [0.3, 0.4) is 0 Å². The lowest BCUT2D eigenvalue weighted by atomic mass is 9.87. The molecule has 3 aromatic carbocycles. The number of ether oxygens (including phenoxy) is 1. The van der Waals surface area contributed by atoms with Crippen molar-refractivity contribution in [3.63, 3.8) is 0 Å². The summed E-state index contributed by atoms with van der Waals surface area (Å²) in [5.74, 6) is -1.07. The molecule has 0 spiro atoms. The molecule has 0 atom stereocenters. The molecule has 0 aliphatic carbocycles. The van der Waals surface area contributed by atoms with E-state index in [0.717, 1.165) is 24.3 Å². The minimum Gasteiger partial charge on any atom is -0.397 e. The van der Waals surface area contributed by atoms with Crippen molar-refractivity contribution in [1.29, 1.82) is 0 Å². The molecule has 4 N–H and O–H groups in total. The molecule has 5 rings (SSSR count). The molecule has 218 valence electrons. The molecule has 1 aromatic heterocycles. The predicted octanol–water partition coefficient (Wildman–Crippen LogP) is 5.30. The molecular formula is C32H35FN6O3. The first kappa shape index (κ1) is 28.8. The number of hydrogen-bond acceptors (Lipinski definition) is 7. The van der Waals surface area contributed by atoms with Gasteiger partial charge in [0.25, 0.3) is 11.5 Å². The van der Waals surface area contributed by atoms with E-state index in [1.165, 1.54) is 16.8 Å². The number of benzene rings is 3. The molecule has 2 heterocycles. The molecule has 10 heteroatoms. The number of carbonyl (C=O) groups excluding carboxylic acids is 1. The number of nitrogens with zero attached hydrogens (tertiary/aromatic N) is 3. The van der Waals surface area contributed by atoms with Crippen LogP contribution < -0.4 is 26.8 Å². The van der Waals surface area contributed by atoms with Gasteiger partial charge in [-0.1, -0.05) is 39.0 Å². The van der Waals surface area contributed by atoms with Gasteiger partial charge in [-0.05, 0) is 53.4 Å². The van der Waals surface area contributed by atoms with Crippen molar-refractivity contribution in [1.82, 2.24) is 9.55 Å². The Morgan fingerprint density at radius 2 is 1.76 bits per heavy atom. The summed E-state index contributed by atoms with van der Waals surface area (Å²) in [5, 5.41) is 5.70. The number of nitrogens with one attached hydrogen (secondary N) is 2. The zero-order valence-electron chi connectivity index (χ0n) is 24.2. The van der Waals surface area contributed by atoms with Gasteiger partial charge in [0, 0.05) is 43.1 Å². The van der Waals surface area contributed by atoms with Crippen LogP contribution in [0.1, 0.15) is 36.7 Å². The number of anilines is 5. The van der Waals surface area contributed by atoms with Gasteiger partial charge < -0.3 is 30.6 Å². The number of morpholine rings is 1. The summed E-state index contributed by atoms with van der Waals surface area (Å²) >= 11 is 0. The van der Waals surface area contributed by atoms with E-state index in [4.69, 9.17) is 10.5 Å². The quantitative estimate of drug-likeness (QED) is 0.270. The number of hydrogen-bond donors (Lipinski definition) is 3. The zero-order chi connectivity index (χ0) is 30.0. The van der Waals surface area contributed by atoms with Gasteiger partial charge in [-0.3, -0.25) is 9.59 Å². The van der Waals surface area contributed by atoms with Crippen LogP contribution in [0.5, 0.6) is 0 Å². The van der Waals surface area contributed by atoms with Crippen molar-refractivity contribution in [2.45, 2.75) is 26.2 Å². The average molecular weight is 571 g/mol. The topological polar surface area (TPSA) is 115 Å². The fourth-order valence-electron chi connectivity index (χ4n) is 4.82. The second-order valence-electron chi connectivity index (χ2n) is 11.3. The van der Waals surface area contributed by atoms with Gasteiger partial charge >= 0.3 is 0 Å². The average Bonchev–Trinajstić information content (AvgIpc) is 2.96. The van der Waals surface area contributed by atoms with Crippen LogP contribution in [0, 0.1) is 5.82 Å². The van der Waals surface area contributed by atoms with Crippen LogP contribution in [0.4, 0.5) is 33.0 Å². The third-order valence-corrected chi connectivity index (χ3v) is 7.25. The second-order valence-corrected chi connectivity index (χ2v) is 11.3. The van der Waals surface area contributed by atoms with Crippen LogP contribution in [-0.4, -0.2) is 41.8 Å². The third kappa shape index (κ3) is 6.13. The number of carbonyl (C=O) groups is 1. The van der Waals surface area contributed by atoms with Crippen molar-refractivity contribution in [2.24, 2.45) is 7.05 Å². The Morgan fingerprint density at radius 1 is 1.05 bits per heavy atom. The minimum absolute atomic E-state index is 0.00837. The van der Waals surface area contributed by atoms with Crippen molar-refractivity contribution in [3.8, 4) is 11.3 Å². The molecule has 1 fully saturated rings. The summed E-state index contributed by atoms with van der Waals surface area (Å²) in [5.41, 5.74) is 9.78. The van der Waals surface area contributed by atoms with Gasteiger partial charge in [-0.2, -0.15) is 0 Å². The SMILES string of the molecule is Cn1cc(-c2cccc(NC(=O)c3ccc(C(C)(C)C)cc3)c2F)nc(Nc2ccc(N3CCOCC3)c(N)c2)c1=O. The Balaban J connectivity index is 1.39. The highest BCUT2D eigenvalue weighted by molar-refractivity contribution is 6.04. The Morgan fingerprint density at radius 3 is 2.43 bits per heavy atom. The highest BCUT2D eigenvalue weighted by atomic mass is 19.1. The largest absolute Gasteiger partial charge is 0.397 e. The Hall–Kier alpha value is -4.70. The minimum atomic E-state index is -0.659. The van der Waals surface area contributed by atoms with Gasteiger partial charge in [0.1, 0.15) is 0 Å². The number of amides is 1. The third-order valence-electron chi connectivity index (χ3n) is 7.25. The number of nitrogens with two attached hydrogens (primary N) is 1. The molecule has 1 saturated heterocycles. The molecule has 0 radical (unpaired) electrons. The van der Waals surface area contributed by atoms with Gasteiger partial charge in [-0.25, -0.2) is 9.37 Å². The first-order valence-electron chi connectivity index (χ1n) is 13.8. The highest BCUT2D eigenvalue weighted by Gasteiger charge is 2.19. The van der Waals surface area contributed by atoms with E-state index >= 15 is 4.39 Å². The van der Waals surface area contributed by atoms with Crippen molar-refractivity contribution >= 4 is 34.5 Å². The molecule has 0 saturated carbocycles. The van der Waals surface area contributed by atoms with Gasteiger partial charge in [0.05, 0.1) is 36.0 Å². The fraction of sp³-hybridized carbons (Fsp3) is 0.281. The first-order valence-corrected chi connectivity index (χ1v) is 13.8. The fourth-order valence-corrected chi connectivity index (χ4v) is 4.82.